The van der Waals surface area contributed by atoms with E-state index in [1.54, 1.807) is 24.7 Å². The minimum absolute atomic E-state index is 0.102. The largest absolute Gasteiger partial charge is 0.467 e. The lowest BCUT2D eigenvalue weighted by Crippen LogP contribution is -2.24. The third-order valence-electron chi connectivity index (χ3n) is 4.74. The quantitative estimate of drug-likeness (QED) is 0.457. The molecule has 0 aliphatic rings. The molecule has 4 rings (SSSR count). The Hall–Kier alpha value is -3.39. The molecule has 0 saturated heterocycles. The van der Waals surface area contributed by atoms with Gasteiger partial charge < -0.3 is 9.73 Å². The van der Waals surface area contributed by atoms with Crippen molar-refractivity contribution in [2.45, 2.75) is 25.5 Å². The van der Waals surface area contributed by atoms with Crippen molar-refractivity contribution in [1.29, 1.82) is 0 Å². The van der Waals surface area contributed by atoms with Gasteiger partial charge in [-0.15, -0.1) is 10.2 Å². The van der Waals surface area contributed by atoms with Crippen molar-refractivity contribution >= 4 is 17.7 Å². The number of nitrogens with one attached hydrogen (secondary N) is 1. The molecule has 8 heteroatoms. The van der Waals surface area contributed by atoms with E-state index in [4.69, 9.17) is 4.42 Å². The molecule has 0 aliphatic carbocycles. The predicted molar refractivity (Wildman–Crippen MR) is 115 cm³/mol. The van der Waals surface area contributed by atoms with Crippen LogP contribution in [-0.2, 0) is 11.3 Å². The van der Waals surface area contributed by atoms with Crippen LogP contribution < -0.4 is 5.32 Å². The van der Waals surface area contributed by atoms with Gasteiger partial charge in [-0.3, -0.25) is 14.3 Å². The second-order valence-corrected chi connectivity index (χ2v) is 7.69. The molecule has 1 N–H and O–H groups in total. The summed E-state index contributed by atoms with van der Waals surface area (Å²) in [5, 5.41) is 12.3. The normalized spacial score (nSPS) is 10.9. The first-order valence-electron chi connectivity index (χ1n) is 9.48. The van der Waals surface area contributed by atoms with Crippen molar-refractivity contribution in [2.24, 2.45) is 0 Å². The molecule has 0 atom stereocenters. The minimum Gasteiger partial charge on any atom is -0.467 e. The zero-order chi connectivity index (χ0) is 20.9. The van der Waals surface area contributed by atoms with E-state index in [1.807, 2.05) is 34.9 Å². The van der Waals surface area contributed by atoms with E-state index < -0.39 is 0 Å². The van der Waals surface area contributed by atoms with E-state index in [2.05, 4.69) is 40.4 Å². The SMILES string of the molecule is Cc1cccc(-n2c(SCC(=O)NCc3ccco3)nnc2-c2cccnc2)c1C. The third kappa shape index (κ3) is 4.28. The molecular weight excluding hydrogens is 398 g/mol. The third-order valence-corrected chi connectivity index (χ3v) is 5.67. The van der Waals surface area contributed by atoms with Crippen LogP contribution in [0.3, 0.4) is 0 Å². The number of rotatable bonds is 7. The van der Waals surface area contributed by atoms with Gasteiger partial charge in [-0.1, -0.05) is 23.9 Å². The second kappa shape index (κ2) is 8.96. The van der Waals surface area contributed by atoms with Gasteiger partial charge in [0, 0.05) is 18.0 Å². The van der Waals surface area contributed by atoms with Crippen molar-refractivity contribution in [3.05, 3.63) is 78.0 Å². The Morgan fingerprint density at radius 2 is 2.03 bits per heavy atom. The number of aromatic nitrogens is 4. The number of carbonyl (C=O) groups excluding carboxylic acids is 1. The van der Waals surface area contributed by atoms with Gasteiger partial charge >= 0.3 is 0 Å². The lowest BCUT2D eigenvalue weighted by atomic mass is 10.1. The summed E-state index contributed by atoms with van der Waals surface area (Å²) in [6.45, 7) is 4.50. The molecule has 0 radical (unpaired) electrons. The topological polar surface area (TPSA) is 85.8 Å². The molecule has 30 heavy (non-hydrogen) atoms. The summed E-state index contributed by atoms with van der Waals surface area (Å²) < 4.78 is 7.24. The molecule has 0 fully saturated rings. The molecule has 152 valence electrons. The number of hydrogen-bond donors (Lipinski definition) is 1. The van der Waals surface area contributed by atoms with Gasteiger partial charge in [0.15, 0.2) is 11.0 Å². The molecule has 4 aromatic rings. The molecule has 3 aromatic heterocycles. The van der Waals surface area contributed by atoms with Gasteiger partial charge in [0.1, 0.15) is 5.76 Å². The van der Waals surface area contributed by atoms with Crippen LogP contribution in [0.25, 0.3) is 17.1 Å². The van der Waals surface area contributed by atoms with E-state index in [-0.39, 0.29) is 11.7 Å². The highest BCUT2D eigenvalue weighted by atomic mass is 32.2. The van der Waals surface area contributed by atoms with Gasteiger partial charge in [0.25, 0.3) is 0 Å². The fourth-order valence-corrected chi connectivity index (χ4v) is 3.80. The van der Waals surface area contributed by atoms with Gasteiger partial charge in [0.05, 0.1) is 24.2 Å². The Bertz CT molecular complexity index is 1140. The maximum absolute atomic E-state index is 12.3. The van der Waals surface area contributed by atoms with Crippen LogP contribution in [0.1, 0.15) is 16.9 Å². The molecule has 1 amide bonds. The summed E-state index contributed by atoms with van der Waals surface area (Å²) in [6, 6.07) is 13.5. The average molecular weight is 420 g/mol. The number of benzene rings is 1. The summed E-state index contributed by atoms with van der Waals surface area (Å²) in [4.78, 5) is 16.5. The fourth-order valence-electron chi connectivity index (χ4n) is 3.02. The van der Waals surface area contributed by atoms with E-state index in [0.29, 0.717) is 23.3 Å². The van der Waals surface area contributed by atoms with Crippen LogP contribution in [0.15, 0.2) is 70.7 Å². The average Bonchev–Trinajstić information content (AvgIpc) is 3.43. The highest BCUT2D eigenvalue weighted by molar-refractivity contribution is 7.99. The summed E-state index contributed by atoms with van der Waals surface area (Å²) in [5.41, 5.74) is 4.15. The molecule has 7 nitrogen and oxygen atoms in total. The smallest absolute Gasteiger partial charge is 0.230 e. The zero-order valence-electron chi connectivity index (χ0n) is 16.7. The molecule has 0 saturated carbocycles. The fraction of sp³-hybridized carbons (Fsp3) is 0.182. The number of carbonyl (C=O) groups is 1. The molecule has 3 heterocycles. The summed E-state index contributed by atoms with van der Waals surface area (Å²) in [6.07, 6.45) is 5.07. The van der Waals surface area contributed by atoms with E-state index >= 15 is 0 Å². The number of thioether (sulfide) groups is 1. The Morgan fingerprint density at radius 1 is 1.13 bits per heavy atom. The van der Waals surface area contributed by atoms with Crippen LogP contribution in [0.5, 0.6) is 0 Å². The first-order chi connectivity index (χ1) is 14.6. The molecular formula is C22H21N5O2S. The maximum atomic E-state index is 12.3. The summed E-state index contributed by atoms with van der Waals surface area (Å²) in [7, 11) is 0. The van der Waals surface area contributed by atoms with Crippen LogP contribution in [0.4, 0.5) is 0 Å². The Kier molecular flexibility index (Phi) is 5.94. The van der Waals surface area contributed by atoms with Crippen molar-refractivity contribution in [3.8, 4) is 17.1 Å². The van der Waals surface area contributed by atoms with Gasteiger partial charge in [0.2, 0.25) is 5.91 Å². The second-order valence-electron chi connectivity index (χ2n) is 6.75. The van der Waals surface area contributed by atoms with Crippen molar-refractivity contribution in [3.63, 3.8) is 0 Å². The molecule has 0 spiro atoms. The highest BCUT2D eigenvalue weighted by Crippen LogP contribution is 2.30. The van der Waals surface area contributed by atoms with Gasteiger partial charge in [-0.05, 0) is 55.3 Å². The van der Waals surface area contributed by atoms with E-state index in [9.17, 15) is 4.79 Å². The number of furan rings is 1. The van der Waals surface area contributed by atoms with Crippen molar-refractivity contribution in [2.75, 3.05) is 5.75 Å². The Balaban J connectivity index is 1.60. The van der Waals surface area contributed by atoms with Crippen LogP contribution >= 0.6 is 11.8 Å². The van der Waals surface area contributed by atoms with Gasteiger partial charge in [-0.25, -0.2) is 0 Å². The standard InChI is InChI=1S/C22H21N5O2S/c1-15-6-3-9-19(16(15)2)27-21(17-7-4-10-23-12-17)25-26-22(27)30-14-20(28)24-13-18-8-5-11-29-18/h3-12H,13-14H2,1-2H3,(H,24,28). The van der Waals surface area contributed by atoms with Crippen LogP contribution in [0, 0.1) is 13.8 Å². The summed E-state index contributed by atoms with van der Waals surface area (Å²) >= 11 is 1.34. The first kappa shape index (κ1) is 19.9. The number of hydrogen-bond acceptors (Lipinski definition) is 6. The van der Waals surface area contributed by atoms with Crippen LogP contribution in [0.2, 0.25) is 0 Å². The number of nitrogens with zero attached hydrogens (tertiary/aromatic N) is 4. The number of pyridine rings is 1. The zero-order valence-corrected chi connectivity index (χ0v) is 17.5. The lowest BCUT2D eigenvalue weighted by molar-refractivity contribution is -0.118. The van der Waals surface area contributed by atoms with Gasteiger partial charge in [-0.2, -0.15) is 0 Å². The molecule has 0 aliphatic heterocycles. The monoisotopic (exact) mass is 419 g/mol. The number of aryl methyl sites for hydroxylation is 1. The van der Waals surface area contributed by atoms with E-state index in [1.165, 1.54) is 17.3 Å². The van der Waals surface area contributed by atoms with Crippen molar-refractivity contribution in [1.82, 2.24) is 25.1 Å². The Morgan fingerprint density at radius 3 is 2.80 bits per heavy atom. The number of amides is 1. The Labute approximate surface area is 178 Å². The van der Waals surface area contributed by atoms with Crippen LogP contribution in [-0.4, -0.2) is 31.4 Å². The van der Waals surface area contributed by atoms with E-state index in [0.717, 1.165) is 16.8 Å². The molecule has 0 bridgehead atoms. The summed E-state index contributed by atoms with van der Waals surface area (Å²) in [5.74, 6) is 1.52. The minimum atomic E-state index is -0.102. The molecule has 1 aromatic carbocycles. The highest BCUT2D eigenvalue weighted by Gasteiger charge is 2.19. The first-order valence-corrected chi connectivity index (χ1v) is 10.5. The van der Waals surface area contributed by atoms with Crippen molar-refractivity contribution < 1.29 is 9.21 Å². The maximum Gasteiger partial charge on any atom is 0.230 e. The lowest BCUT2D eigenvalue weighted by Gasteiger charge is -2.14. The predicted octanol–water partition coefficient (Wildman–Crippen LogP) is 3.95. The molecule has 0 unspecified atom stereocenters.